The van der Waals surface area contributed by atoms with Crippen LogP contribution in [0.25, 0.3) is 0 Å². The van der Waals surface area contributed by atoms with Crippen molar-refractivity contribution in [2.45, 2.75) is 68.8 Å². The first kappa shape index (κ1) is 22.9. The van der Waals surface area contributed by atoms with E-state index in [1.54, 1.807) is 0 Å². The lowest BCUT2D eigenvalue weighted by Crippen LogP contribution is -2.68. The van der Waals surface area contributed by atoms with Gasteiger partial charge in [-0.3, -0.25) is 9.59 Å². The van der Waals surface area contributed by atoms with Crippen molar-refractivity contribution in [1.29, 1.82) is 0 Å². The Hall–Kier alpha value is -1.38. The SMILES string of the molecule is CC(=O)N[C@H]1[C@H](O[C@H]2[C@H](O)[C@@H](CO)OC[C@@H]2NC(C)=O)O[C@H](CO)[C@@H](O)[C@H]1O. The minimum Gasteiger partial charge on any atom is -0.394 e. The van der Waals surface area contributed by atoms with Crippen molar-refractivity contribution in [3.05, 3.63) is 0 Å². The van der Waals surface area contributed by atoms with Crippen molar-refractivity contribution in [3.63, 3.8) is 0 Å². The fraction of sp³-hybridized carbons (Fsp3) is 0.875. The molecule has 162 valence electrons. The third-order valence-electron chi connectivity index (χ3n) is 4.71. The lowest BCUT2D eigenvalue weighted by Gasteiger charge is -2.46. The molecule has 2 aliphatic rings. The van der Waals surface area contributed by atoms with E-state index in [9.17, 15) is 35.1 Å². The molecule has 2 heterocycles. The molecule has 12 nitrogen and oxygen atoms in total. The first-order valence-electron chi connectivity index (χ1n) is 8.92. The number of rotatable bonds is 6. The molecule has 7 N–H and O–H groups in total. The number of aliphatic hydroxyl groups excluding tert-OH is 5. The van der Waals surface area contributed by atoms with Gasteiger partial charge in [-0.15, -0.1) is 0 Å². The maximum absolute atomic E-state index is 11.5. The topological polar surface area (TPSA) is 187 Å². The van der Waals surface area contributed by atoms with Crippen LogP contribution in [0.1, 0.15) is 13.8 Å². The average molecular weight is 408 g/mol. The van der Waals surface area contributed by atoms with E-state index >= 15 is 0 Å². The van der Waals surface area contributed by atoms with Gasteiger partial charge in [-0.25, -0.2) is 0 Å². The van der Waals surface area contributed by atoms with Crippen molar-refractivity contribution in [3.8, 4) is 0 Å². The number of ether oxygens (including phenoxy) is 3. The molecule has 9 atom stereocenters. The molecule has 2 saturated heterocycles. The second-order valence-electron chi connectivity index (χ2n) is 6.89. The zero-order valence-electron chi connectivity index (χ0n) is 15.6. The summed E-state index contributed by atoms with van der Waals surface area (Å²) in [4.78, 5) is 23.0. The van der Waals surface area contributed by atoms with Crippen LogP contribution in [0.2, 0.25) is 0 Å². The molecule has 2 rings (SSSR count). The number of amides is 2. The fourth-order valence-corrected chi connectivity index (χ4v) is 3.33. The van der Waals surface area contributed by atoms with Crippen LogP contribution in [0.5, 0.6) is 0 Å². The number of carbonyl (C=O) groups is 2. The molecular weight excluding hydrogens is 380 g/mol. The predicted octanol–water partition coefficient (Wildman–Crippen LogP) is -4.43. The summed E-state index contributed by atoms with van der Waals surface area (Å²) in [5.41, 5.74) is 0. The molecule has 2 fully saturated rings. The second-order valence-corrected chi connectivity index (χ2v) is 6.89. The highest BCUT2D eigenvalue weighted by atomic mass is 16.7. The third-order valence-corrected chi connectivity index (χ3v) is 4.71. The number of hydrogen-bond acceptors (Lipinski definition) is 10. The van der Waals surface area contributed by atoms with Crippen LogP contribution in [0.3, 0.4) is 0 Å². The van der Waals surface area contributed by atoms with E-state index in [-0.39, 0.29) is 6.61 Å². The maximum Gasteiger partial charge on any atom is 0.217 e. The van der Waals surface area contributed by atoms with E-state index < -0.39 is 80.0 Å². The average Bonchev–Trinajstić information content (AvgIpc) is 2.63. The Morgan fingerprint density at radius 1 is 0.964 bits per heavy atom. The van der Waals surface area contributed by atoms with Gasteiger partial charge in [0.25, 0.3) is 0 Å². The Kier molecular flexibility index (Phi) is 8.09. The van der Waals surface area contributed by atoms with Crippen molar-refractivity contribution < 1.29 is 49.3 Å². The summed E-state index contributed by atoms with van der Waals surface area (Å²) in [6.45, 7) is 1.25. The van der Waals surface area contributed by atoms with Crippen molar-refractivity contribution in [1.82, 2.24) is 10.6 Å². The summed E-state index contributed by atoms with van der Waals surface area (Å²) < 4.78 is 16.6. The molecule has 0 saturated carbocycles. The summed E-state index contributed by atoms with van der Waals surface area (Å²) in [5, 5.41) is 54.6. The lowest BCUT2D eigenvalue weighted by atomic mass is 9.95. The van der Waals surface area contributed by atoms with Gasteiger partial charge in [0.05, 0.1) is 25.9 Å². The molecule has 0 aromatic heterocycles. The Balaban J connectivity index is 2.26. The number of aliphatic hydroxyl groups is 5. The van der Waals surface area contributed by atoms with Crippen LogP contribution in [-0.4, -0.2) is 112 Å². The molecular formula is C16H28N2O10. The zero-order chi connectivity index (χ0) is 21.0. The van der Waals surface area contributed by atoms with E-state index in [2.05, 4.69) is 10.6 Å². The Labute approximate surface area is 161 Å². The first-order valence-corrected chi connectivity index (χ1v) is 8.92. The van der Waals surface area contributed by atoms with Crippen LogP contribution in [0.15, 0.2) is 0 Å². The van der Waals surface area contributed by atoms with Gasteiger partial charge in [0.1, 0.15) is 42.7 Å². The van der Waals surface area contributed by atoms with Gasteiger partial charge < -0.3 is 50.4 Å². The van der Waals surface area contributed by atoms with Crippen LogP contribution >= 0.6 is 0 Å². The highest BCUT2D eigenvalue weighted by Crippen LogP contribution is 2.27. The number of hydrogen-bond donors (Lipinski definition) is 7. The molecule has 2 amide bonds. The van der Waals surface area contributed by atoms with Crippen LogP contribution in [0, 0.1) is 0 Å². The standard InChI is InChI=1S/C16H28N2O10/c1-6(21)17-8-5-26-9(3-19)13(24)15(8)28-16-11(18-7(2)22)14(25)12(23)10(4-20)27-16/h8-16,19-20,23-25H,3-5H2,1-2H3,(H,17,21)(H,18,22)/t8-,9+,10+,11+,12+,13+,14-,15+,16-/m0/s1. The Morgan fingerprint density at radius 2 is 1.57 bits per heavy atom. The Morgan fingerprint density at radius 3 is 2.11 bits per heavy atom. The highest BCUT2D eigenvalue weighted by molar-refractivity contribution is 5.73. The highest BCUT2D eigenvalue weighted by Gasteiger charge is 2.49. The molecule has 0 aromatic carbocycles. The second kappa shape index (κ2) is 9.89. The third kappa shape index (κ3) is 5.15. The summed E-state index contributed by atoms with van der Waals surface area (Å²) >= 11 is 0. The van der Waals surface area contributed by atoms with E-state index in [1.807, 2.05) is 0 Å². The molecule has 0 aliphatic carbocycles. The minimum atomic E-state index is -1.52. The quantitative estimate of drug-likeness (QED) is 0.226. The first-order chi connectivity index (χ1) is 13.2. The van der Waals surface area contributed by atoms with E-state index in [4.69, 9.17) is 14.2 Å². The predicted molar refractivity (Wildman–Crippen MR) is 90.7 cm³/mol. The number of carbonyl (C=O) groups excluding carboxylic acids is 2. The summed E-state index contributed by atoms with van der Waals surface area (Å²) in [5.74, 6) is -0.946. The van der Waals surface area contributed by atoms with Gasteiger partial charge in [0.2, 0.25) is 11.8 Å². The molecule has 0 bridgehead atoms. The van der Waals surface area contributed by atoms with Crippen LogP contribution in [0.4, 0.5) is 0 Å². The summed E-state index contributed by atoms with van der Waals surface area (Å²) in [7, 11) is 0. The van der Waals surface area contributed by atoms with Gasteiger partial charge >= 0.3 is 0 Å². The number of nitrogens with one attached hydrogen (secondary N) is 2. The van der Waals surface area contributed by atoms with Gasteiger partial charge in [-0.2, -0.15) is 0 Å². The zero-order valence-corrected chi connectivity index (χ0v) is 15.6. The Bertz CT molecular complexity index is 550. The van der Waals surface area contributed by atoms with Crippen molar-refractivity contribution in [2.24, 2.45) is 0 Å². The van der Waals surface area contributed by atoms with E-state index in [0.717, 1.165) is 0 Å². The molecule has 0 unspecified atom stereocenters. The van der Waals surface area contributed by atoms with E-state index in [1.165, 1.54) is 13.8 Å². The van der Waals surface area contributed by atoms with Crippen molar-refractivity contribution in [2.75, 3.05) is 19.8 Å². The van der Waals surface area contributed by atoms with Crippen LogP contribution in [-0.2, 0) is 23.8 Å². The smallest absolute Gasteiger partial charge is 0.217 e. The minimum absolute atomic E-state index is 0.0708. The molecule has 0 aromatic rings. The molecule has 2 aliphatic heterocycles. The molecule has 0 radical (unpaired) electrons. The fourth-order valence-electron chi connectivity index (χ4n) is 3.33. The molecule has 0 spiro atoms. The van der Waals surface area contributed by atoms with Gasteiger partial charge in [-0.05, 0) is 0 Å². The summed E-state index contributed by atoms with van der Waals surface area (Å²) in [6, 6.07) is -2.02. The van der Waals surface area contributed by atoms with Gasteiger partial charge in [0, 0.05) is 13.8 Å². The van der Waals surface area contributed by atoms with Crippen LogP contribution < -0.4 is 10.6 Å². The van der Waals surface area contributed by atoms with Crippen molar-refractivity contribution >= 4 is 11.8 Å². The molecule has 12 heteroatoms. The van der Waals surface area contributed by atoms with Gasteiger partial charge in [-0.1, -0.05) is 0 Å². The summed E-state index contributed by atoms with van der Waals surface area (Å²) in [6.07, 6.45) is -9.06. The monoisotopic (exact) mass is 408 g/mol. The lowest BCUT2D eigenvalue weighted by molar-refractivity contribution is -0.304. The van der Waals surface area contributed by atoms with E-state index in [0.29, 0.717) is 0 Å². The normalized spacial score (nSPS) is 41.3. The van der Waals surface area contributed by atoms with Gasteiger partial charge in [0.15, 0.2) is 6.29 Å². The molecule has 28 heavy (non-hydrogen) atoms. The largest absolute Gasteiger partial charge is 0.394 e. The maximum atomic E-state index is 11.5.